The first kappa shape index (κ1) is 22.6. The largest absolute Gasteiger partial charge is 0.392 e. The van der Waals surface area contributed by atoms with Gasteiger partial charge in [-0.1, -0.05) is 26.0 Å². The van der Waals surface area contributed by atoms with Crippen LogP contribution in [0.15, 0.2) is 73.1 Å². The summed E-state index contributed by atoms with van der Waals surface area (Å²) in [7, 11) is 0. The lowest BCUT2D eigenvalue weighted by molar-refractivity contribution is 0.282. The van der Waals surface area contributed by atoms with Crippen molar-refractivity contribution < 1.29 is 5.11 Å². The van der Waals surface area contributed by atoms with Gasteiger partial charge in [0.2, 0.25) is 0 Å². The van der Waals surface area contributed by atoms with Gasteiger partial charge in [0, 0.05) is 23.6 Å². The second-order valence-electron chi connectivity index (χ2n) is 7.11. The van der Waals surface area contributed by atoms with E-state index in [2.05, 4.69) is 16.0 Å². The molecule has 0 radical (unpaired) electrons. The highest BCUT2D eigenvalue weighted by atomic mass is 16.3. The minimum Gasteiger partial charge on any atom is -0.392 e. The van der Waals surface area contributed by atoms with Crippen LogP contribution in [0.2, 0.25) is 0 Å². The fourth-order valence-corrected chi connectivity index (χ4v) is 3.55. The van der Waals surface area contributed by atoms with Crippen molar-refractivity contribution in [2.45, 2.75) is 20.5 Å². The van der Waals surface area contributed by atoms with Gasteiger partial charge in [-0.2, -0.15) is 5.26 Å². The van der Waals surface area contributed by atoms with E-state index in [4.69, 9.17) is 15.7 Å². The number of rotatable bonds is 4. The number of nitrogens with zero attached hydrogens (tertiary/aromatic N) is 6. The van der Waals surface area contributed by atoms with E-state index >= 15 is 0 Å². The molecule has 4 aromatic heterocycles. The summed E-state index contributed by atoms with van der Waals surface area (Å²) in [5.74, 6) is 0.975. The minimum absolute atomic E-state index is 0.0426. The maximum Gasteiger partial charge on any atom is 0.165 e. The van der Waals surface area contributed by atoms with Crippen LogP contribution in [0.3, 0.4) is 0 Å². The molecule has 1 aromatic carbocycles. The Morgan fingerprint density at radius 2 is 1.76 bits per heavy atom. The SMILES string of the molecule is CC.N#Cc1cc(-c2ccc3nc(-c4cccnc4N)n(-c4ccc(CO)cc4)c3n2)ccn1. The zero-order valence-electron chi connectivity index (χ0n) is 18.8. The van der Waals surface area contributed by atoms with Crippen LogP contribution < -0.4 is 5.73 Å². The fourth-order valence-electron chi connectivity index (χ4n) is 3.55. The maximum atomic E-state index is 9.42. The standard InChI is InChI=1S/C24H17N7O.C2H6/c25-13-17-12-16(9-11-27-17)20-7-8-21-24(29-20)31(18-5-3-15(14-32)4-6-18)23(30-21)19-2-1-10-28-22(19)26;1-2/h1-12,32H,14H2,(H2,26,28);1-2H3. The first-order valence-electron chi connectivity index (χ1n) is 10.8. The second-order valence-corrected chi connectivity index (χ2v) is 7.11. The van der Waals surface area contributed by atoms with Gasteiger partial charge in [0.05, 0.1) is 17.9 Å². The lowest BCUT2D eigenvalue weighted by Gasteiger charge is -2.11. The molecule has 3 N–H and O–H groups in total. The van der Waals surface area contributed by atoms with E-state index in [9.17, 15) is 10.4 Å². The molecule has 34 heavy (non-hydrogen) atoms. The van der Waals surface area contributed by atoms with Crippen LogP contribution in [-0.2, 0) is 6.61 Å². The summed E-state index contributed by atoms with van der Waals surface area (Å²) in [5, 5.41) is 18.6. The zero-order valence-corrected chi connectivity index (χ0v) is 18.8. The molecule has 168 valence electrons. The van der Waals surface area contributed by atoms with Gasteiger partial charge in [-0.05, 0) is 54.1 Å². The molecule has 0 saturated heterocycles. The average molecular weight is 450 g/mol. The lowest BCUT2D eigenvalue weighted by Crippen LogP contribution is -2.02. The molecule has 0 bridgehead atoms. The first-order valence-corrected chi connectivity index (χ1v) is 10.8. The Bertz CT molecular complexity index is 1480. The average Bonchev–Trinajstić information content (AvgIpc) is 3.28. The molecule has 0 aliphatic rings. The van der Waals surface area contributed by atoms with E-state index in [0.717, 1.165) is 16.8 Å². The molecule has 0 fully saturated rings. The number of hydrogen-bond donors (Lipinski definition) is 2. The predicted octanol–water partition coefficient (Wildman–Crippen LogP) is 4.52. The number of aliphatic hydroxyl groups excluding tert-OH is 1. The van der Waals surface area contributed by atoms with Crippen LogP contribution in [0.5, 0.6) is 0 Å². The van der Waals surface area contributed by atoms with Crippen molar-refractivity contribution in [2.75, 3.05) is 5.73 Å². The highest BCUT2D eigenvalue weighted by Gasteiger charge is 2.18. The number of nitrogen functional groups attached to an aromatic ring is 1. The third-order valence-corrected chi connectivity index (χ3v) is 5.13. The Labute approximate surface area is 197 Å². The number of aliphatic hydroxyl groups is 1. The number of aromatic nitrogens is 5. The first-order chi connectivity index (χ1) is 16.7. The van der Waals surface area contributed by atoms with Crippen LogP contribution >= 0.6 is 0 Å². The summed E-state index contributed by atoms with van der Waals surface area (Å²) in [4.78, 5) is 17.9. The van der Waals surface area contributed by atoms with Crippen molar-refractivity contribution in [3.63, 3.8) is 0 Å². The summed E-state index contributed by atoms with van der Waals surface area (Å²) in [6.07, 6.45) is 3.22. The summed E-state index contributed by atoms with van der Waals surface area (Å²) >= 11 is 0. The number of benzene rings is 1. The Morgan fingerprint density at radius 1 is 0.971 bits per heavy atom. The van der Waals surface area contributed by atoms with Gasteiger partial charge >= 0.3 is 0 Å². The molecule has 8 heteroatoms. The van der Waals surface area contributed by atoms with E-state index < -0.39 is 0 Å². The Hall–Kier alpha value is -4.61. The monoisotopic (exact) mass is 449 g/mol. The molecule has 0 aliphatic carbocycles. The van der Waals surface area contributed by atoms with Gasteiger partial charge in [-0.25, -0.2) is 19.9 Å². The summed E-state index contributed by atoms with van der Waals surface area (Å²) in [5.41, 5.74) is 11.6. The second kappa shape index (κ2) is 9.90. The molecule has 5 rings (SSSR count). The Morgan fingerprint density at radius 3 is 2.47 bits per heavy atom. The van der Waals surface area contributed by atoms with E-state index in [1.165, 1.54) is 0 Å². The van der Waals surface area contributed by atoms with Crippen molar-refractivity contribution in [3.8, 4) is 34.4 Å². The number of nitriles is 1. The molecule has 0 saturated carbocycles. The van der Waals surface area contributed by atoms with Crippen LogP contribution in [-0.4, -0.2) is 29.6 Å². The third kappa shape index (κ3) is 4.20. The molecule has 8 nitrogen and oxygen atoms in total. The number of fused-ring (bicyclic) bond motifs is 1. The maximum absolute atomic E-state index is 9.42. The Kier molecular flexibility index (Phi) is 6.57. The predicted molar refractivity (Wildman–Crippen MR) is 132 cm³/mol. The minimum atomic E-state index is -0.0426. The number of imidazole rings is 1. The summed E-state index contributed by atoms with van der Waals surface area (Å²) in [6.45, 7) is 3.96. The van der Waals surface area contributed by atoms with Crippen LogP contribution in [0.1, 0.15) is 25.1 Å². The van der Waals surface area contributed by atoms with E-state index in [1.807, 2.05) is 73.0 Å². The molecule has 0 aliphatic heterocycles. The van der Waals surface area contributed by atoms with Crippen molar-refractivity contribution in [1.29, 1.82) is 5.26 Å². The lowest BCUT2D eigenvalue weighted by atomic mass is 10.1. The zero-order chi connectivity index (χ0) is 24.1. The van der Waals surface area contributed by atoms with Gasteiger partial charge in [0.1, 0.15) is 23.1 Å². The van der Waals surface area contributed by atoms with Crippen molar-refractivity contribution in [1.82, 2.24) is 24.5 Å². The molecule has 5 aromatic rings. The number of pyridine rings is 3. The molecule has 0 atom stereocenters. The van der Waals surface area contributed by atoms with E-state index in [-0.39, 0.29) is 6.61 Å². The Balaban J connectivity index is 0.00000133. The smallest absolute Gasteiger partial charge is 0.165 e. The van der Waals surface area contributed by atoms with Crippen LogP contribution in [0, 0.1) is 11.3 Å². The summed E-state index contributed by atoms with van der Waals surface area (Å²) < 4.78 is 1.92. The molecule has 0 spiro atoms. The molecule has 0 amide bonds. The molecule has 0 unspecified atom stereocenters. The highest BCUT2D eigenvalue weighted by Crippen LogP contribution is 2.31. The van der Waals surface area contributed by atoms with Gasteiger partial charge in [0.15, 0.2) is 11.5 Å². The van der Waals surface area contributed by atoms with E-state index in [0.29, 0.717) is 39.8 Å². The normalized spacial score (nSPS) is 10.4. The molecule has 4 heterocycles. The fraction of sp³-hybridized carbons (Fsp3) is 0.115. The number of anilines is 1. The highest BCUT2D eigenvalue weighted by molar-refractivity contribution is 5.84. The van der Waals surface area contributed by atoms with Crippen LogP contribution in [0.4, 0.5) is 5.82 Å². The number of hydrogen-bond acceptors (Lipinski definition) is 7. The van der Waals surface area contributed by atoms with Gasteiger partial charge in [-0.3, -0.25) is 4.57 Å². The third-order valence-electron chi connectivity index (χ3n) is 5.13. The topological polar surface area (TPSA) is 127 Å². The van der Waals surface area contributed by atoms with Gasteiger partial charge in [0.25, 0.3) is 0 Å². The molecular formula is C26H23N7O. The van der Waals surface area contributed by atoms with E-state index in [1.54, 1.807) is 18.5 Å². The number of nitrogens with two attached hydrogens (primary N) is 1. The molecular weight excluding hydrogens is 426 g/mol. The van der Waals surface area contributed by atoms with Crippen molar-refractivity contribution in [2.24, 2.45) is 0 Å². The summed E-state index contributed by atoms with van der Waals surface area (Å²) in [6, 6.07) is 20.5. The van der Waals surface area contributed by atoms with Crippen molar-refractivity contribution in [3.05, 3.63) is 84.3 Å². The quantitative estimate of drug-likeness (QED) is 0.413. The van der Waals surface area contributed by atoms with Crippen molar-refractivity contribution >= 4 is 17.0 Å². The van der Waals surface area contributed by atoms with Gasteiger partial charge in [-0.15, -0.1) is 0 Å². The van der Waals surface area contributed by atoms with Gasteiger partial charge < -0.3 is 10.8 Å². The van der Waals surface area contributed by atoms with Crippen LogP contribution in [0.25, 0.3) is 39.5 Å².